The minimum atomic E-state index is -0.316. The first-order chi connectivity index (χ1) is 27.3. The van der Waals surface area contributed by atoms with Crippen LogP contribution in [0, 0.1) is 19.9 Å². The number of para-hydroxylation sites is 1. The van der Waals surface area contributed by atoms with Crippen LogP contribution in [0.2, 0.25) is 0 Å². The Morgan fingerprint density at radius 2 is 1.43 bits per heavy atom. The zero-order valence-corrected chi connectivity index (χ0v) is 36.1. The van der Waals surface area contributed by atoms with Crippen LogP contribution in [0.4, 0.5) is 0 Å². The summed E-state index contributed by atoms with van der Waals surface area (Å²) in [6, 6.07) is 39.9. The Kier molecular flexibility index (Phi) is 8.65. The number of hydrogen-bond acceptors (Lipinski definition) is 5. The molecule has 0 aliphatic rings. The van der Waals surface area contributed by atoms with Gasteiger partial charge in [-0.25, -0.2) is 15.0 Å². The number of phenols is 1. The van der Waals surface area contributed by atoms with Gasteiger partial charge in [0.25, 0.3) is 0 Å². The number of imidazole rings is 2. The number of benzene rings is 6. The van der Waals surface area contributed by atoms with E-state index in [1.54, 1.807) is 6.33 Å². The first kappa shape index (κ1) is 37.7. The van der Waals surface area contributed by atoms with Crippen molar-refractivity contribution in [2.45, 2.75) is 66.2 Å². The molecule has 10 rings (SSSR count). The van der Waals surface area contributed by atoms with Crippen molar-refractivity contribution in [2.24, 2.45) is 0 Å². The van der Waals surface area contributed by atoms with E-state index in [0.29, 0.717) is 11.4 Å². The van der Waals surface area contributed by atoms with Gasteiger partial charge in [0, 0.05) is 43.1 Å². The van der Waals surface area contributed by atoms with Crippen LogP contribution < -0.4 is 0 Å². The molecule has 0 aliphatic heterocycles. The van der Waals surface area contributed by atoms with Crippen molar-refractivity contribution in [3.63, 3.8) is 0 Å². The molecule has 0 saturated carbocycles. The molecule has 0 atom stereocenters. The van der Waals surface area contributed by atoms with E-state index in [9.17, 15) is 5.11 Å². The smallest absolute Gasteiger partial charge is 0.148 e. The van der Waals surface area contributed by atoms with Gasteiger partial charge in [-0.05, 0) is 77.7 Å². The number of nitrogens with zero attached hydrogens (tertiary/aromatic N) is 6. The number of aromatic nitrogens is 6. The molecule has 58 heavy (non-hydrogen) atoms. The Bertz CT molecular complexity index is 3240. The summed E-state index contributed by atoms with van der Waals surface area (Å²) in [5.41, 5.74) is 14.8. The van der Waals surface area contributed by atoms with Gasteiger partial charge in [0.2, 0.25) is 0 Å². The second kappa shape index (κ2) is 13.3. The fraction of sp³-hybridized carbons (Fsp3) is 0.200. The van der Waals surface area contributed by atoms with Crippen molar-refractivity contribution in [1.29, 1.82) is 0 Å². The first-order valence-electron chi connectivity index (χ1n) is 19.5. The third-order valence-corrected chi connectivity index (χ3v) is 11.5. The Labute approximate surface area is 352 Å². The molecule has 0 bridgehead atoms. The number of phenolic OH excluding ortho intramolecular Hbond substituents is 1. The number of pyridine rings is 1. The molecule has 0 unspecified atom stereocenters. The Morgan fingerprint density at radius 3 is 2.19 bits per heavy atom. The summed E-state index contributed by atoms with van der Waals surface area (Å²) in [7, 11) is 0. The van der Waals surface area contributed by atoms with Crippen molar-refractivity contribution in [1.82, 2.24) is 28.9 Å². The predicted octanol–water partition coefficient (Wildman–Crippen LogP) is 12.1. The summed E-state index contributed by atoms with van der Waals surface area (Å²) >= 11 is 0. The summed E-state index contributed by atoms with van der Waals surface area (Å²) in [5.74, 6) is 1.82. The molecule has 7 nitrogen and oxygen atoms in total. The van der Waals surface area contributed by atoms with Gasteiger partial charge < -0.3 is 9.51 Å². The molecule has 0 spiro atoms. The van der Waals surface area contributed by atoms with Crippen molar-refractivity contribution in [2.75, 3.05) is 0 Å². The van der Waals surface area contributed by atoms with Crippen LogP contribution in [0.3, 0.4) is 0 Å². The van der Waals surface area contributed by atoms with Crippen LogP contribution >= 0.6 is 0 Å². The molecule has 4 heterocycles. The minimum absolute atomic E-state index is 0. The van der Waals surface area contributed by atoms with E-state index in [0.717, 1.165) is 99.8 Å². The third kappa shape index (κ3) is 5.73. The van der Waals surface area contributed by atoms with E-state index in [4.69, 9.17) is 15.0 Å². The molecule has 0 radical (unpaired) electrons. The number of aryl methyl sites for hydroxylation is 2. The Morgan fingerprint density at radius 1 is 0.655 bits per heavy atom. The van der Waals surface area contributed by atoms with Gasteiger partial charge in [0.15, 0.2) is 0 Å². The zero-order chi connectivity index (χ0) is 39.5. The van der Waals surface area contributed by atoms with Crippen molar-refractivity contribution in [3.8, 4) is 45.1 Å². The molecule has 290 valence electrons. The quantitative estimate of drug-likeness (QED) is 0.108. The molecule has 8 heteroatoms. The second-order valence-electron chi connectivity index (χ2n) is 17.4. The molecular formula is C50H43N6OPt-. The van der Waals surface area contributed by atoms with Crippen molar-refractivity contribution < 1.29 is 26.2 Å². The maximum Gasteiger partial charge on any atom is 0.148 e. The summed E-state index contributed by atoms with van der Waals surface area (Å²) < 4.78 is 4.44. The fourth-order valence-electron chi connectivity index (χ4n) is 8.57. The summed E-state index contributed by atoms with van der Waals surface area (Å²) in [4.78, 5) is 19.9. The molecule has 6 aromatic carbocycles. The van der Waals surface area contributed by atoms with Gasteiger partial charge in [-0.15, -0.1) is 23.8 Å². The van der Waals surface area contributed by atoms with Crippen LogP contribution in [0.15, 0.2) is 109 Å². The number of fused-ring (bicyclic) bond motifs is 4. The van der Waals surface area contributed by atoms with Gasteiger partial charge in [0.1, 0.15) is 23.7 Å². The third-order valence-electron chi connectivity index (χ3n) is 11.5. The van der Waals surface area contributed by atoms with Crippen LogP contribution in [0.25, 0.3) is 88.7 Å². The monoisotopic (exact) mass is 938 g/mol. The van der Waals surface area contributed by atoms with Crippen molar-refractivity contribution in [3.05, 3.63) is 138 Å². The predicted molar refractivity (Wildman–Crippen MR) is 233 cm³/mol. The topological polar surface area (TPSA) is 81.1 Å². The Hall–Kier alpha value is -5.91. The van der Waals surface area contributed by atoms with E-state index in [-0.39, 0.29) is 37.6 Å². The van der Waals surface area contributed by atoms with Gasteiger partial charge in [-0.1, -0.05) is 113 Å². The zero-order valence-electron chi connectivity index (χ0n) is 33.8. The SMILES string of the molecule is Cc1ccc(-n2c(-c3cc(C(C)(C)C)cc(C(C)(C)C)c3O)nc3c(-c4[c-]c5c6ncnc7ccc8nc(C)n(c5cc4)c8c76)cccc32)c(-c2ccccc2)c1.[Pt]. The van der Waals surface area contributed by atoms with Crippen LogP contribution in [-0.4, -0.2) is 34.0 Å². The molecule has 4 aromatic heterocycles. The molecule has 0 saturated heterocycles. The van der Waals surface area contributed by atoms with E-state index >= 15 is 0 Å². The van der Waals surface area contributed by atoms with E-state index in [1.807, 2.05) is 25.1 Å². The van der Waals surface area contributed by atoms with Crippen molar-refractivity contribution >= 4 is 49.4 Å². The van der Waals surface area contributed by atoms with E-state index in [1.165, 1.54) is 0 Å². The van der Waals surface area contributed by atoms with E-state index in [2.05, 4.69) is 153 Å². The van der Waals surface area contributed by atoms with Gasteiger partial charge >= 0.3 is 0 Å². The maximum absolute atomic E-state index is 12.4. The number of hydrogen-bond donors (Lipinski definition) is 1. The maximum atomic E-state index is 12.4. The summed E-state index contributed by atoms with van der Waals surface area (Å²) in [5, 5.41) is 14.2. The normalized spacial score (nSPS) is 12.4. The van der Waals surface area contributed by atoms with Gasteiger partial charge in [-0.2, -0.15) is 0 Å². The minimum Gasteiger partial charge on any atom is -0.507 e. The molecule has 0 amide bonds. The fourth-order valence-corrected chi connectivity index (χ4v) is 8.57. The molecule has 0 aliphatic carbocycles. The Balaban J connectivity index is 0.00000436. The van der Waals surface area contributed by atoms with Crippen LogP contribution in [0.5, 0.6) is 5.75 Å². The van der Waals surface area contributed by atoms with Gasteiger partial charge in [0.05, 0.1) is 38.8 Å². The average molecular weight is 939 g/mol. The summed E-state index contributed by atoms with van der Waals surface area (Å²) in [6.45, 7) is 17.3. The molecule has 0 fully saturated rings. The first-order valence-corrected chi connectivity index (χ1v) is 19.5. The number of rotatable bonds is 4. The molecular weight excluding hydrogens is 896 g/mol. The van der Waals surface area contributed by atoms with Crippen LogP contribution in [0.1, 0.15) is 64.1 Å². The molecule has 10 aromatic rings. The number of aromatic hydroxyl groups is 1. The summed E-state index contributed by atoms with van der Waals surface area (Å²) in [6.07, 6.45) is 1.64. The standard InChI is InChI=1S/C50H43N6O.Pt/c1-28-17-21-40(34(23-28)30-13-10-9-11-14-30)56-42-16-12-15-33(44(42)54-48(56)36-25-32(49(3,4)5)26-37(47(36)57)50(6,7)8)31-18-22-41-35(24-31)45-43-38(51-27-52-45)19-20-39-46(43)55(41)29(2)53-39;/h9-23,25-27,57H,1-8H3;/q-1;. The second-order valence-corrected chi connectivity index (χ2v) is 17.4. The van der Waals surface area contributed by atoms with Gasteiger partial charge in [-0.3, -0.25) is 9.55 Å². The van der Waals surface area contributed by atoms with Crippen LogP contribution in [-0.2, 0) is 31.9 Å². The average Bonchev–Trinajstić information content (AvgIpc) is 3.74. The molecule has 1 N–H and O–H groups in total. The van der Waals surface area contributed by atoms with E-state index < -0.39 is 0 Å². The largest absolute Gasteiger partial charge is 0.507 e.